The van der Waals surface area contributed by atoms with Gasteiger partial charge in [0, 0.05) is 38.1 Å². The van der Waals surface area contributed by atoms with Gasteiger partial charge in [0.15, 0.2) is 0 Å². The van der Waals surface area contributed by atoms with E-state index < -0.39 is 0 Å². The Morgan fingerprint density at radius 2 is 1.68 bits per heavy atom. The van der Waals surface area contributed by atoms with E-state index in [2.05, 4.69) is 30.6 Å². The first-order valence-electron chi connectivity index (χ1n) is 8.12. The summed E-state index contributed by atoms with van der Waals surface area (Å²) in [6.07, 6.45) is 4.12. The van der Waals surface area contributed by atoms with Crippen LogP contribution in [0.1, 0.15) is 46.5 Å². The van der Waals surface area contributed by atoms with Crippen molar-refractivity contribution in [1.29, 1.82) is 0 Å². The SMILES string of the molecule is CC(C)(C)CCN1CCN(C(=O)C2CCC(N)C2)CC1.Cl.Cl. The molecule has 4 nitrogen and oxygen atoms in total. The predicted octanol–water partition coefficient (Wildman–Crippen LogP) is 2.54. The number of hydrogen-bond donors (Lipinski definition) is 1. The number of halogens is 2. The van der Waals surface area contributed by atoms with Gasteiger partial charge in [0.2, 0.25) is 5.91 Å². The molecule has 2 fully saturated rings. The molecule has 0 aromatic rings. The van der Waals surface area contributed by atoms with Crippen molar-refractivity contribution >= 4 is 30.7 Å². The summed E-state index contributed by atoms with van der Waals surface area (Å²) in [6, 6.07) is 0.247. The van der Waals surface area contributed by atoms with Crippen LogP contribution >= 0.6 is 24.8 Å². The van der Waals surface area contributed by atoms with E-state index in [1.807, 2.05) is 0 Å². The molecule has 2 aliphatic rings. The molecule has 6 heteroatoms. The summed E-state index contributed by atoms with van der Waals surface area (Å²) < 4.78 is 0. The average Bonchev–Trinajstić information content (AvgIpc) is 2.82. The average molecular weight is 354 g/mol. The van der Waals surface area contributed by atoms with Crippen LogP contribution in [0, 0.1) is 11.3 Å². The minimum absolute atomic E-state index is 0. The van der Waals surface area contributed by atoms with Gasteiger partial charge < -0.3 is 10.6 Å². The summed E-state index contributed by atoms with van der Waals surface area (Å²) in [5.74, 6) is 0.555. The summed E-state index contributed by atoms with van der Waals surface area (Å²) in [5, 5.41) is 0. The third kappa shape index (κ3) is 6.61. The summed E-state index contributed by atoms with van der Waals surface area (Å²) >= 11 is 0. The van der Waals surface area contributed by atoms with E-state index in [9.17, 15) is 4.79 Å². The Hall–Kier alpha value is -0.0300. The van der Waals surface area contributed by atoms with Crippen LogP contribution in [0.2, 0.25) is 0 Å². The van der Waals surface area contributed by atoms with Gasteiger partial charge in [-0.3, -0.25) is 9.69 Å². The molecule has 2 N–H and O–H groups in total. The van der Waals surface area contributed by atoms with Crippen molar-refractivity contribution in [3.8, 4) is 0 Å². The van der Waals surface area contributed by atoms with E-state index >= 15 is 0 Å². The molecule has 0 bridgehead atoms. The standard InChI is InChI=1S/C16H31N3O.2ClH/c1-16(2,3)6-7-18-8-10-19(11-9-18)15(20)13-4-5-14(17)12-13;;/h13-14H,4-12,17H2,1-3H3;2*1H. The van der Waals surface area contributed by atoms with E-state index in [0.29, 0.717) is 11.3 Å². The maximum absolute atomic E-state index is 12.4. The number of carbonyl (C=O) groups excluding carboxylic acids is 1. The highest BCUT2D eigenvalue weighted by atomic mass is 35.5. The molecule has 1 heterocycles. The van der Waals surface area contributed by atoms with Gasteiger partial charge in [0.05, 0.1) is 0 Å². The second-order valence-electron chi connectivity index (χ2n) is 7.75. The fourth-order valence-electron chi connectivity index (χ4n) is 3.18. The van der Waals surface area contributed by atoms with Crippen LogP contribution in [0.3, 0.4) is 0 Å². The van der Waals surface area contributed by atoms with Crippen LogP contribution in [0.25, 0.3) is 0 Å². The molecule has 1 aliphatic heterocycles. The normalized spacial score (nSPS) is 26.3. The Labute approximate surface area is 148 Å². The van der Waals surface area contributed by atoms with Crippen LogP contribution < -0.4 is 5.73 Å². The van der Waals surface area contributed by atoms with Gasteiger partial charge in [0.25, 0.3) is 0 Å². The van der Waals surface area contributed by atoms with Crippen molar-refractivity contribution in [1.82, 2.24) is 9.80 Å². The van der Waals surface area contributed by atoms with Crippen molar-refractivity contribution in [2.24, 2.45) is 17.1 Å². The van der Waals surface area contributed by atoms with E-state index in [1.54, 1.807) is 0 Å². The zero-order valence-electron chi connectivity index (χ0n) is 14.2. The molecule has 1 aliphatic carbocycles. The Bertz CT molecular complexity index is 339. The highest BCUT2D eigenvalue weighted by Crippen LogP contribution is 2.26. The van der Waals surface area contributed by atoms with Gasteiger partial charge in [0.1, 0.15) is 0 Å². The Morgan fingerprint density at radius 3 is 2.14 bits per heavy atom. The molecule has 0 spiro atoms. The van der Waals surface area contributed by atoms with Crippen LogP contribution in [0.5, 0.6) is 0 Å². The molecule has 0 radical (unpaired) electrons. The van der Waals surface area contributed by atoms with Gasteiger partial charge in [-0.15, -0.1) is 24.8 Å². The Balaban J connectivity index is 0.00000220. The summed E-state index contributed by atoms with van der Waals surface area (Å²) in [6.45, 7) is 11.9. The van der Waals surface area contributed by atoms with E-state index in [4.69, 9.17) is 5.73 Å². The third-order valence-corrected chi connectivity index (χ3v) is 4.68. The first kappa shape index (κ1) is 22.0. The summed E-state index contributed by atoms with van der Waals surface area (Å²) in [4.78, 5) is 17.0. The Kier molecular flexibility index (Phi) is 9.30. The summed E-state index contributed by atoms with van der Waals surface area (Å²) in [5.41, 5.74) is 6.31. The first-order chi connectivity index (χ1) is 9.35. The minimum Gasteiger partial charge on any atom is -0.340 e. The number of hydrogen-bond acceptors (Lipinski definition) is 3. The number of amides is 1. The van der Waals surface area contributed by atoms with E-state index in [0.717, 1.165) is 52.0 Å². The lowest BCUT2D eigenvalue weighted by molar-refractivity contribution is -0.137. The van der Waals surface area contributed by atoms with Crippen LogP contribution in [0.4, 0.5) is 0 Å². The first-order valence-corrected chi connectivity index (χ1v) is 8.12. The Morgan fingerprint density at radius 1 is 1.09 bits per heavy atom. The van der Waals surface area contributed by atoms with Crippen molar-refractivity contribution < 1.29 is 4.79 Å². The van der Waals surface area contributed by atoms with Gasteiger partial charge >= 0.3 is 0 Å². The van der Waals surface area contributed by atoms with E-state index in [-0.39, 0.29) is 36.8 Å². The number of rotatable bonds is 3. The second-order valence-corrected chi connectivity index (χ2v) is 7.75. The summed E-state index contributed by atoms with van der Waals surface area (Å²) in [7, 11) is 0. The molecule has 1 amide bonds. The number of nitrogens with two attached hydrogens (primary N) is 1. The molecule has 0 aromatic heterocycles. The quantitative estimate of drug-likeness (QED) is 0.847. The van der Waals surface area contributed by atoms with Crippen molar-refractivity contribution in [3.63, 3.8) is 0 Å². The highest BCUT2D eigenvalue weighted by molar-refractivity contribution is 5.85. The highest BCUT2D eigenvalue weighted by Gasteiger charge is 2.32. The lowest BCUT2D eigenvalue weighted by atomic mass is 9.92. The molecule has 2 unspecified atom stereocenters. The zero-order valence-corrected chi connectivity index (χ0v) is 15.8. The largest absolute Gasteiger partial charge is 0.340 e. The molecule has 132 valence electrons. The predicted molar refractivity (Wildman–Crippen MR) is 96.9 cm³/mol. The monoisotopic (exact) mass is 353 g/mol. The van der Waals surface area contributed by atoms with Crippen LogP contribution in [0.15, 0.2) is 0 Å². The van der Waals surface area contributed by atoms with Gasteiger partial charge in [-0.1, -0.05) is 20.8 Å². The molecular formula is C16H33Cl2N3O. The smallest absolute Gasteiger partial charge is 0.225 e. The third-order valence-electron chi connectivity index (χ3n) is 4.68. The van der Waals surface area contributed by atoms with Crippen molar-refractivity contribution in [2.75, 3.05) is 32.7 Å². The molecular weight excluding hydrogens is 321 g/mol. The fourth-order valence-corrected chi connectivity index (χ4v) is 3.18. The minimum atomic E-state index is 0. The van der Waals surface area contributed by atoms with E-state index in [1.165, 1.54) is 6.42 Å². The molecule has 22 heavy (non-hydrogen) atoms. The topological polar surface area (TPSA) is 49.6 Å². The van der Waals surface area contributed by atoms with Gasteiger partial charge in [-0.05, 0) is 37.6 Å². The number of piperazine rings is 1. The maximum atomic E-state index is 12.4. The van der Waals surface area contributed by atoms with Crippen LogP contribution in [-0.2, 0) is 4.79 Å². The fraction of sp³-hybridized carbons (Fsp3) is 0.938. The van der Waals surface area contributed by atoms with Gasteiger partial charge in [-0.25, -0.2) is 0 Å². The second kappa shape index (κ2) is 9.31. The zero-order chi connectivity index (χ0) is 14.8. The number of carbonyl (C=O) groups is 1. The lowest BCUT2D eigenvalue weighted by Gasteiger charge is -2.37. The van der Waals surface area contributed by atoms with Gasteiger partial charge in [-0.2, -0.15) is 0 Å². The molecule has 1 saturated carbocycles. The number of nitrogens with zero attached hydrogens (tertiary/aromatic N) is 2. The molecule has 2 atom stereocenters. The van der Waals surface area contributed by atoms with Crippen molar-refractivity contribution in [3.05, 3.63) is 0 Å². The molecule has 0 aromatic carbocycles. The van der Waals surface area contributed by atoms with Crippen LogP contribution in [-0.4, -0.2) is 54.5 Å². The molecule has 2 rings (SSSR count). The maximum Gasteiger partial charge on any atom is 0.225 e. The van der Waals surface area contributed by atoms with Crippen molar-refractivity contribution in [2.45, 2.75) is 52.5 Å². The lowest BCUT2D eigenvalue weighted by Crippen LogP contribution is -2.50. The molecule has 1 saturated heterocycles.